The highest BCUT2D eigenvalue weighted by molar-refractivity contribution is 7.18. The maximum absolute atomic E-state index is 12.4. The first-order valence-electron chi connectivity index (χ1n) is 7.97. The van der Waals surface area contributed by atoms with Gasteiger partial charge in [0.05, 0.1) is 16.8 Å². The second-order valence-electron chi connectivity index (χ2n) is 6.24. The molecule has 1 aromatic carbocycles. The standard InChI is InChI=1S/C17H23N3OS/c1-20(17(21)10-12-6-2-3-7-13(12)18)11-16-19-14-8-4-5-9-15(14)22-16/h4-5,8-9,12-13H,2-3,6-7,10-11,18H2,1H3. The van der Waals surface area contributed by atoms with Crippen LogP contribution in [0.5, 0.6) is 0 Å². The van der Waals surface area contributed by atoms with Crippen molar-refractivity contribution in [1.82, 2.24) is 9.88 Å². The number of hydrogen-bond donors (Lipinski definition) is 1. The fraction of sp³-hybridized carbons (Fsp3) is 0.529. The molecule has 5 heteroatoms. The van der Waals surface area contributed by atoms with Crippen LogP contribution in [0.1, 0.15) is 37.1 Å². The SMILES string of the molecule is CN(Cc1nc2ccccc2s1)C(=O)CC1CCCCC1N. The van der Waals surface area contributed by atoms with Gasteiger partial charge in [0.2, 0.25) is 5.91 Å². The monoisotopic (exact) mass is 317 g/mol. The van der Waals surface area contributed by atoms with Crippen LogP contribution in [0.2, 0.25) is 0 Å². The third-order valence-electron chi connectivity index (χ3n) is 4.54. The van der Waals surface area contributed by atoms with Gasteiger partial charge in [-0.15, -0.1) is 11.3 Å². The van der Waals surface area contributed by atoms with E-state index in [1.54, 1.807) is 16.2 Å². The van der Waals surface area contributed by atoms with Crippen LogP contribution in [0, 0.1) is 5.92 Å². The lowest BCUT2D eigenvalue weighted by Gasteiger charge is -2.29. The average Bonchev–Trinajstić information content (AvgIpc) is 2.91. The van der Waals surface area contributed by atoms with Gasteiger partial charge >= 0.3 is 0 Å². The third kappa shape index (κ3) is 3.47. The number of hydrogen-bond acceptors (Lipinski definition) is 4. The van der Waals surface area contributed by atoms with Crippen molar-refractivity contribution in [2.24, 2.45) is 11.7 Å². The van der Waals surface area contributed by atoms with Gasteiger partial charge in [-0.3, -0.25) is 4.79 Å². The van der Waals surface area contributed by atoms with E-state index >= 15 is 0 Å². The predicted molar refractivity (Wildman–Crippen MR) is 90.6 cm³/mol. The van der Waals surface area contributed by atoms with E-state index in [1.165, 1.54) is 17.5 Å². The number of rotatable bonds is 4. The summed E-state index contributed by atoms with van der Waals surface area (Å²) >= 11 is 1.66. The summed E-state index contributed by atoms with van der Waals surface area (Å²) in [6, 6.07) is 8.28. The van der Waals surface area contributed by atoms with E-state index in [0.29, 0.717) is 18.9 Å². The minimum Gasteiger partial charge on any atom is -0.339 e. The molecule has 0 aliphatic heterocycles. The number of fused-ring (bicyclic) bond motifs is 1. The zero-order valence-electron chi connectivity index (χ0n) is 13.0. The molecule has 2 atom stereocenters. The lowest BCUT2D eigenvalue weighted by atomic mass is 9.83. The number of nitrogens with zero attached hydrogens (tertiary/aromatic N) is 2. The molecule has 1 aromatic heterocycles. The molecule has 1 amide bonds. The molecule has 118 valence electrons. The van der Waals surface area contributed by atoms with E-state index in [2.05, 4.69) is 11.1 Å². The summed E-state index contributed by atoms with van der Waals surface area (Å²) in [6.07, 6.45) is 5.12. The largest absolute Gasteiger partial charge is 0.339 e. The Balaban J connectivity index is 1.60. The van der Waals surface area contributed by atoms with Crippen LogP contribution in [0.4, 0.5) is 0 Å². The predicted octanol–water partition coefficient (Wildman–Crippen LogP) is 3.16. The second kappa shape index (κ2) is 6.75. The fourth-order valence-corrected chi connectivity index (χ4v) is 4.17. The van der Waals surface area contributed by atoms with Crippen molar-refractivity contribution in [3.8, 4) is 0 Å². The minimum absolute atomic E-state index is 0.182. The van der Waals surface area contributed by atoms with Crippen LogP contribution in [0.3, 0.4) is 0 Å². The van der Waals surface area contributed by atoms with Crippen molar-refractivity contribution < 1.29 is 4.79 Å². The van der Waals surface area contributed by atoms with E-state index < -0.39 is 0 Å². The molecule has 3 rings (SSSR count). The van der Waals surface area contributed by atoms with Crippen molar-refractivity contribution in [1.29, 1.82) is 0 Å². The molecule has 2 N–H and O–H groups in total. The molecule has 2 aromatic rings. The number of aromatic nitrogens is 1. The first kappa shape index (κ1) is 15.4. The molecule has 1 fully saturated rings. The Morgan fingerprint density at radius 1 is 1.36 bits per heavy atom. The van der Waals surface area contributed by atoms with E-state index in [4.69, 9.17) is 5.73 Å². The summed E-state index contributed by atoms with van der Waals surface area (Å²) in [7, 11) is 1.86. The van der Waals surface area contributed by atoms with Crippen LogP contribution < -0.4 is 5.73 Å². The molecule has 1 heterocycles. The fourth-order valence-electron chi connectivity index (χ4n) is 3.15. The molecule has 1 aliphatic rings. The zero-order chi connectivity index (χ0) is 15.5. The quantitative estimate of drug-likeness (QED) is 0.942. The Morgan fingerprint density at radius 3 is 2.91 bits per heavy atom. The van der Waals surface area contributed by atoms with Crippen molar-refractivity contribution in [2.45, 2.75) is 44.7 Å². The lowest BCUT2D eigenvalue weighted by Crippen LogP contribution is -2.37. The first-order chi connectivity index (χ1) is 10.6. The van der Waals surface area contributed by atoms with Crippen LogP contribution in [0.15, 0.2) is 24.3 Å². The molecule has 0 spiro atoms. The molecule has 0 bridgehead atoms. The van der Waals surface area contributed by atoms with Crippen molar-refractivity contribution in [2.75, 3.05) is 7.05 Å². The second-order valence-corrected chi connectivity index (χ2v) is 7.35. The van der Waals surface area contributed by atoms with Crippen molar-refractivity contribution in [3.63, 3.8) is 0 Å². The number of benzene rings is 1. The Kier molecular flexibility index (Phi) is 4.74. The molecular weight excluding hydrogens is 294 g/mol. The summed E-state index contributed by atoms with van der Waals surface area (Å²) in [6.45, 7) is 0.583. The maximum Gasteiger partial charge on any atom is 0.223 e. The van der Waals surface area contributed by atoms with Gasteiger partial charge in [-0.2, -0.15) is 0 Å². The van der Waals surface area contributed by atoms with Crippen molar-refractivity contribution >= 4 is 27.5 Å². The number of amides is 1. The normalized spacial score (nSPS) is 21.9. The van der Waals surface area contributed by atoms with Gasteiger partial charge in [0.25, 0.3) is 0 Å². The zero-order valence-corrected chi connectivity index (χ0v) is 13.8. The van der Waals surface area contributed by atoms with E-state index in [-0.39, 0.29) is 11.9 Å². The summed E-state index contributed by atoms with van der Waals surface area (Å²) in [5.74, 6) is 0.528. The van der Waals surface area contributed by atoms with Gasteiger partial charge in [0.15, 0.2) is 0 Å². The van der Waals surface area contributed by atoms with Gasteiger partial charge in [-0.05, 0) is 30.9 Å². The molecule has 4 nitrogen and oxygen atoms in total. The molecule has 22 heavy (non-hydrogen) atoms. The van der Waals surface area contributed by atoms with Crippen molar-refractivity contribution in [3.05, 3.63) is 29.3 Å². The number of nitrogens with two attached hydrogens (primary N) is 1. The third-order valence-corrected chi connectivity index (χ3v) is 5.56. The summed E-state index contributed by atoms with van der Waals surface area (Å²) in [5.41, 5.74) is 7.16. The van der Waals surface area contributed by atoms with Gasteiger partial charge in [0.1, 0.15) is 5.01 Å². The highest BCUT2D eigenvalue weighted by atomic mass is 32.1. The summed E-state index contributed by atoms with van der Waals surface area (Å²) < 4.78 is 1.17. The minimum atomic E-state index is 0.182. The smallest absolute Gasteiger partial charge is 0.223 e. The Labute approximate surface area is 135 Å². The molecule has 0 radical (unpaired) electrons. The summed E-state index contributed by atoms with van der Waals surface area (Å²) in [4.78, 5) is 18.8. The van der Waals surface area contributed by atoms with Crippen LogP contribution in [-0.2, 0) is 11.3 Å². The van der Waals surface area contributed by atoms with Gasteiger partial charge in [-0.25, -0.2) is 4.98 Å². The van der Waals surface area contributed by atoms with Gasteiger partial charge in [-0.1, -0.05) is 25.0 Å². The van der Waals surface area contributed by atoms with Crippen LogP contribution in [-0.4, -0.2) is 28.9 Å². The van der Waals surface area contributed by atoms with E-state index in [9.17, 15) is 4.79 Å². The molecule has 1 saturated carbocycles. The number of carbonyl (C=O) groups excluding carboxylic acids is 1. The highest BCUT2D eigenvalue weighted by Crippen LogP contribution is 2.27. The van der Waals surface area contributed by atoms with Crippen LogP contribution in [0.25, 0.3) is 10.2 Å². The number of para-hydroxylation sites is 1. The Hall–Kier alpha value is -1.46. The topological polar surface area (TPSA) is 59.2 Å². The molecule has 2 unspecified atom stereocenters. The number of thiazole rings is 1. The molecular formula is C17H23N3OS. The van der Waals surface area contributed by atoms with Gasteiger partial charge < -0.3 is 10.6 Å². The number of carbonyl (C=O) groups is 1. The molecule has 1 aliphatic carbocycles. The molecule has 0 saturated heterocycles. The van der Waals surface area contributed by atoms with E-state index in [1.807, 2.05) is 25.2 Å². The Bertz CT molecular complexity index is 621. The van der Waals surface area contributed by atoms with Crippen LogP contribution >= 0.6 is 11.3 Å². The summed E-state index contributed by atoms with van der Waals surface area (Å²) in [5, 5.41) is 0.991. The van der Waals surface area contributed by atoms with Gasteiger partial charge in [0, 0.05) is 19.5 Å². The van der Waals surface area contributed by atoms with E-state index in [0.717, 1.165) is 23.4 Å². The lowest BCUT2D eigenvalue weighted by molar-refractivity contribution is -0.131. The maximum atomic E-state index is 12.4. The first-order valence-corrected chi connectivity index (χ1v) is 8.79. The Morgan fingerprint density at radius 2 is 2.14 bits per heavy atom. The average molecular weight is 317 g/mol. The highest BCUT2D eigenvalue weighted by Gasteiger charge is 2.25.